The summed E-state index contributed by atoms with van der Waals surface area (Å²) in [6.07, 6.45) is 4.85. The number of hydrogen-bond donors (Lipinski definition) is 4. The Bertz CT molecular complexity index is 1190. The molecule has 2 heterocycles. The minimum absolute atomic E-state index is 0.0337. The van der Waals surface area contributed by atoms with Gasteiger partial charge in [0, 0.05) is 12.1 Å². The smallest absolute Gasteiger partial charge is 0.541 e. The highest BCUT2D eigenvalue weighted by atomic mass is 16.8. The van der Waals surface area contributed by atoms with Crippen molar-refractivity contribution in [2.75, 3.05) is 7.11 Å². The number of allylic oxidation sites excluding steroid dienone is 2. The first-order valence-electron chi connectivity index (χ1n) is 9.14. The maximum atomic E-state index is 11.3. The van der Waals surface area contributed by atoms with Crippen LogP contribution >= 0.6 is 0 Å². The lowest BCUT2D eigenvalue weighted by Gasteiger charge is -2.45. The molecule has 0 radical (unpaired) electrons. The van der Waals surface area contributed by atoms with Crippen LogP contribution < -0.4 is 9.97 Å². The second kappa shape index (κ2) is 7.63. The van der Waals surface area contributed by atoms with E-state index in [9.17, 15) is 19.8 Å². The van der Waals surface area contributed by atoms with Gasteiger partial charge in [0.15, 0.2) is 11.4 Å². The normalized spacial score (nSPS) is 20.2. The number of nitrogens with zero attached hydrogens (tertiary/aromatic N) is 1. The van der Waals surface area contributed by atoms with Crippen molar-refractivity contribution in [2.24, 2.45) is 4.99 Å². The van der Waals surface area contributed by atoms with Crippen molar-refractivity contribution in [1.29, 1.82) is 0 Å². The molecular formula is C20H17BN2O8. The van der Waals surface area contributed by atoms with Crippen LogP contribution in [0.3, 0.4) is 0 Å². The third-order valence-electron chi connectivity index (χ3n) is 4.83. The van der Waals surface area contributed by atoms with Gasteiger partial charge in [-0.3, -0.25) is 10.3 Å². The second-order valence-corrected chi connectivity index (χ2v) is 6.79. The predicted octanol–water partition coefficient (Wildman–Crippen LogP) is 1.70. The van der Waals surface area contributed by atoms with Gasteiger partial charge >= 0.3 is 18.7 Å². The first-order valence-corrected chi connectivity index (χ1v) is 9.14. The van der Waals surface area contributed by atoms with E-state index in [-0.39, 0.29) is 22.6 Å². The van der Waals surface area contributed by atoms with Crippen LogP contribution in [0.5, 0.6) is 11.5 Å². The van der Waals surface area contributed by atoms with Crippen LogP contribution in [0.1, 0.15) is 20.7 Å². The molecule has 0 saturated carbocycles. The third kappa shape index (κ3) is 3.74. The van der Waals surface area contributed by atoms with E-state index in [0.29, 0.717) is 22.7 Å². The molecule has 2 aromatic rings. The molecule has 0 aromatic heterocycles. The molecule has 0 amide bonds. The van der Waals surface area contributed by atoms with Crippen LogP contribution in [0, 0.1) is 0 Å². The van der Waals surface area contributed by atoms with Crippen molar-refractivity contribution in [3.05, 3.63) is 71.6 Å². The number of benzene rings is 2. The SMILES string of the molecule is CO[B-]12O/C(=C/[NH2+]c3ccc(C(=O)O)cc3O)C=CC1=Nc1ccc(C(=O)O)cc1O2. The first-order chi connectivity index (χ1) is 14.8. The topological polar surface area (TPSA) is 151 Å². The highest BCUT2D eigenvalue weighted by molar-refractivity contribution is 6.96. The Kier molecular flexibility index (Phi) is 4.97. The number of phenolic OH excluding ortho intramolecular Hbond substituents is 1. The minimum Gasteiger partial charge on any atom is -0.654 e. The van der Waals surface area contributed by atoms with Crippen LogP contribution in [-0.4, -0.2) is 46.7 Å². The number of quaternary nitrogens is 1. The summed E-state index contributed by atoms with van der Waals surface area (Å²) in [5, 5.41) is 29.8. The zero-order chi connectivity index (χ0) is 22.2. The maximum absolute atomic E-state index is 11.3. The van der Waals surface area contributed by atoms with E-state index in [1.54, 1.807) is 23.7 Å². The third-order valence-corrected chi connectivity index (χ3v) is 4.83. The molecule has 4 rings (SSSR count). The fourth-order valence-corrected chi connectivity index (χ4v) is 3.21. The lowest BCUT2D eigenvalue weighted by atomic mass is 9.68. The molecule has 2 aliphatic rings. The van der Waals surface area contributed by atoms with Gasteiger partial charge in [0.2, 0.25) is 0 Å². The highest BCUT2D eigenvalue weighted by Crippen LogP contribution is 2.38. The van der Waals surface area contributed by atoms with Gasteiger partial charge < -0.3 is 29.3 Å². The minimum atomic E-state index is -2.51. The van der Waals surface area contributed by atoms with Crippen molar-refractivity contribution in [3.63, 3.8) is 0 Å². The Morgan fingerprint density at radius 3 is 2.45 bits per heavy atom. The molecule has 0 bridgehead atoms. The first kappa shape index (κ1) is 20.2. The van der Waals surface area contributed by atoms with Crippen molar-refractivity contribution >= 4 is 35.7 Å². The number of rotatable bonds is 5. The predicted molar refractivity (Wildman–Crippen MR) is 109 cm³/mol. The Balaban J connectivity index is 1.61. The van der Waals surface area contributed by atoms with Crippen LogP contribution in [0.15, 0.2) is 65.5 Å². The highest BCUT2D eigenvalue weighted by Gasteiger charge is 2.43. The Morgan fingerprint density at radius 1 is 1.06 bits per heavy atom. The van der Waals surface area contributed by atoms with E-state index in [1.807, 2.05) is 0 Å². The molecule has 31 heavy (non-hydrogen) atoms. The fourth-order valence-electron chi connectivity index (χ4n) is 3.21. The average molecular weight is 424 g/mol. The molecule has 11 heteroatoms. The quantitative estimate of drug-likeness (QED) is 0.322. The summed E-state index contributed by atoms with van der Waals surface area (Å²) >= 11 is 0. The molecule has 2 aromatic carbocycles. The van der Waals surface area contributed by atoms with E-state index < -0.39 is 18.7 Å². The number of carboxylic acids is 2. The van der Waals surface area contributed by atoms with E-state index in [2.05, 4.69) is 4.99 Å². The van der Waals surface area contributed by atoms with E-state index in [0.717, 1.165) is 6.07 Å². The number of aliphatic imine (C=N–C) groups is 1. The van der Waals surface area contributed by atoms with Crippen LogP contribution in [0.25, 0.3) is 0 Å². The second-order valence-electron chi connectivity index (χ2n) is 6.79. The van der Waals surface area contributed by atoms with Crippen LogP contribution in [-0.2, 0) is 9.31 Å². The molecule has 1 atom stereocenters. The summed E-state index contributed by atoms with van der Waals surface area (Å²) in [4.78, 5) is 26.7. The number of carbonyl (C=O) groups is 2. The monoisotopic (exact) mass is 424 g/mol. The summed E-state index contributed by atoms with van der Waals surface area (Å²) in [5.74, 6) is -1.90. The molecule has 5 N–H and O–H groups in total. The van der Waals surface area contributed by atoms with Gasteiger partial charge in [-0.15, -0.1) is 0 Å². The lowest BCUT2D eigenvalue weighted by molar-refractivity contribution is -0.499. The number of hydrogen-bond acceptors (Lipinski definition) is 7. The number of fused-ring (bicyclic) bond motifs is 2. The van der Waals surface area contributed by atoms with Crippen LogP contribution in [0.4, 0.5) is 11.4 Å². The standard InChI is InChI=1S/C20H16BN2O8/c1-29-21-18(23-15-6-3-12(20(27)28)9-17(15)31-21)7-4-13(30-21)10-22-14-5-2-11(19(25)26)8-16(14)24/h2-10,22,24H,1H3,(H,25,26)(H,27,28)/q-1/p+1/b13-10+. The van der Waals surface area contributed by atoms with E-state index >= 15 is 0 Å². The number of nitrogens with two attached hydrogens (primary N) is 1. The van der Waals surface area contributed by atoms with Gasteiger partial charge in [-0.2, -0.15) is 0 Å². The van der Waals surface area contributed by atoms with Crippen molar-refractivity contribution in [3.8, 4) is 11.5 Å². The molecule has 158 valence electrons. The van der Waals surface area contributed by atoms with Crippen molar-refractivity contribution < 1.29 is 44.2 Å². The summed E-state index contributed by atoms with van der Waals surface area (Å²) in [7, 11) is 1.39. The van der Waals surface area contributed by atoms with Gasteiger partial charge in [-0.25, -0.2) is 9.59 Å². The van der Waals surface area contributed by atoms with Gasteiger partial charge in [0.1, 0.15) is 12.0 Å². The molecule has 0 aliphatic carbocycles. The molecule has 0 spiro atoms. The Labute approximate surface area is 175 Å². The van der Waals surface area contributed by atoms with E-state index in [4.69, 9.17) is 19.1 Å². The number of phenols is 1. The molecular weight excluding hydrogens is 407 g/mol. The summed E-state index contributed by atoms with van der Waals surface area (Å²) in [6.45, 7) is -2.51. The fraction of sp³-hybridized carbons (Fsp3) is 0.0500. The van der Waals surface area contributed by atoms with Gasteiger partial charge in [-0.1, -0.05) is 6.08 Å². The summed E-state index contributed by atoms with van der Waals surface area (Å²) in [5.41, 5.74) is 1.23. The van der Waals surface area contributed by atoms with Gasteiger partial charge in [0.25, 0.3) is 0 Å². The number of aromatic carboxylic acids is 2. The zero-order valence-electron chi connectivity index (χ0n) is 16.2. The maximum Gasteiger partial charge on any atom is 0.541 e. The van der Waals surface area contributed by atoms with Gasteiger partial charge in [-0.05, 0) is 43.1 Å². The van der Waals surface area contributed by atoms with Crippen molar-refractivity contribution in [2.45, 2.75) is 0 Å². The average Bonchev–Trinajstić information content (AvgIpc) is 2.76. The molecule has 10 nitrogen and oxygen atoms in total. The molecule has 2 aliphatic heterocycles. The summed E-state index contributed by atoms with van der Waals surface area (Å²) < 4.78 is 17.3. The Morgan fingerprint density at radius 2 is 1.77 bits per heavy atom. The lowest BCUT2D eigenvalue weighted by Crippen LogP contribution is -2.71. The largest absolute Gasteiger partial charge is 0.654 e. The molecule has 0 fully saturated rings. The van der Waals surface area contributed by atoms with Crippen LogP contribution in [0.2, 0.25) is 0 Å². The number of aromatic hydroxyl groups is 1. The zero-order valence-corrected chi connectivity index (χ0v) is 16.2. The van der Waals surface area contributed by atoms with Gasteiger partial charge in [0.05, 0.1) is 22.6 Å². The molecule has 1 unspecified atom stereocenters. The number of carboxylic acid groups (broad SMARTS) is 2. The molecule has 0 saturated heterocycles. The van der Waals surface area contributed by atoms with E-state index in [1.165, 1.54) is 37.4 Å². The Hall–Kier alpha value is -4.09. The summed E-state index contributed by atoms with van der Waals surface area (Å²) in [6, 6.07) is 8.30. The van der Waals surface area contributed by atoms with Crippen molar-refractivity contribution in [1.82, 2.24) is 0 Å².